The molecule has 0 spiro atoms. The first-order valence-electron chi connectivity index (χ1n) is 4.47. The third-order valence-electron chi connectivity index (χ3n) is 1.95. The van der Waals surface area contributed by atoms with Gasteiger partial charge in [0.05, 0.1) is 12.2 Å². The topological polar surface area (TPSA) is 26.3 Å². The Kier molecular flexibility index (Phi) is 5.43. The van der Waals surface area contributed by atoms with E-state index in [-0.39, 0.29) is 11.9 Å². The van der Waals surface area contributed by atoms with Crippen LogP contribution in [-0.4, -0.2) is 5.97 Å². The Balaban J connectivity index is 3.86. The van der Waals surface area contributed by atoms with Gasteiger partial charge in [-0.1, -0.05) is 20.8 Å². The predicted molar refractivity (Wildman–Crippen MR) is 49.6 cm³/mol. The number of hydrogen-bond donors (Lipinski definition) is 0. The van der Waals surface area contributed by atoms with Gasteiger partial charge in [0, 0.05) is 0 Å². The van der Waals surface area contributed by atoms with E-state index < -0.39 is 0 Å². The normalized spacial score (nSPS) is 14.2. The molecule has 12 heavy (non-hydrogen) atoms. The minimum Gasteiger partial charge on any atom is -0.434 e. The molecule has 0 radical (unpaired) electrons. The van der Waals surface area contributed by atoms with E-state index in [1.165, 1.54) is 0 Å². The van der Waals surface area contributed by atoms with Crippen molar-refractivity contribution in [3.05, 3.63) is 11.8 Å². The molecule has 0 aromatic rings. The smallest absolute Gasteiger partial charge is 0.313 e. The van der Waals surface area contributed by atoms with Gasteiger partial charge in [0.2, 0.25) is 0 Å². The van der Waals surface area contributed by atoms with Gasteiger partial charge in [-0.3, -0.25) is 4.79 Å². The first kappa shape index (κ1) is 11.2. The summed E-state index contributed by atoms with van der Waals surface area (Å²) in [4.78, 5) is 11.1. The van der Waals surface area contributed by atoms with Gasteiger partial charge in [-0.05, 0) is 25.3 Å². The zero-order valence-corrected chi connectivity index (χ0v) is 8.39. The molecule has 0 heterocycles. The first-order valence-corrected chi connectivity index (χ1v) is 4.47. The Labute approximate surface area is 74.6 Å². The lowest BCUT2D eigenvalue weighted by Gasteiger charge is -2.05. The van der Waals surface area contributed by atoms with E-state index in [1.807, 2.05) is 27.7 Å². The summed E-state index contributed by atoms with van der Waals surface area (Å²) < 4.78 is 4.95. The zero-order chi connectivity index (χ0) is 9.56. The fourth-order valence-corrected chi connectivity index (χ4v) is 0.525. The minimum absolute atomic E-state index is 0.00547. The van der Waals surface area contributed by atoms with E-state index in [0.29, 0.717) is 0 Å². The third kappa shape index (κ3) is 4.16. The molecule has 0 fully saturated rings. The van der Waals surface area contributed by atoms with Crippen molar-refractivity contribution in [1.82, 2.24) is 0 Å². The molecule has 2 heteroatoms. The van der Waals surface area contributed by atoms with Gasteiger partial charge in [-0.25, -0.2) is 0 Å². The second-order valence-corrected chi connectivity index (χ2v) is 3.06. The summed E-state index contributed by atoms with van der Waals surface area (Å²) in [6, 6.07) is 0. The van der Waals surface area contributed by atoms with E-state index in [9.17, 15) is 4.79 Å². The van der Waals surface area contributed by atoms with Crippen LogP contribution in [0.1, 0.15) is 40.5 Å². The molecule has 70 valence electrons. The van der Waals surface area contributed by atoms with Crippen LogP contribution in [0.5, 0.6) is 0 Å². The first-order chi connectivity index (χ1) is 5.61. The molecular formula is C10H18O2. The number of esters is 1. The van der Waals surface area contributed by atoms with E-state index >= 15 is 0 Å². The van der Waals surface area contributed by atoms with Gasteiger partial charge < -0.3 is 4.74 Å². The lowest BCUT2D eigenvalue weighted by molar-refractivity contribution is -0.142. The molecule has 0 N–H and O–H groups in total. The zero-order valence-electron chi connectivity index (χ0n) is 8.39. The Morgan fingerprint density at radius 1 is 1.50 bits per heavy atom. The molecule has 2 nitrogen and oxygen atoms in total. The van der Waals surface area contributed by atoms with Crippen LogP contribution in [0.25, 0.3) is 0 Å². The molecule has 0 aromatic heterocycles. The van der Waals surface area contributed by atoms with E-state index in [0.717, 1.165) is 18.4 Å². The quantitative estimate of drug-likeness (QED) is 0.479. The summed E-state index contributed by atoms with van der Waals surface area (Å²) in [6.07, 6.45) is 3.31. The van der Waals surface area contributed by atoms with E-state index in [4.69, 9.17) is 4.74 Å². The van der Waals surface area contributed by atoms with Crippen LogP contribution in [0.3, 0.4) is 0 Å². The van der Waals surface area contributed by atoms with Gasteiger partial charge in [0.25, 0.3) is 0 Å². The van der Waals surface area contributed by atoms with Gasteiger partial charge in [0.1, 0.15) is 0 Å². The van der Waals surface area contributed by atoms with Crippen molar-refractivity contribution in [3.63, 3.8) is 0 Å². The van der Waals surface area contributed by atoms with Crippen LogP contribution in [-0.2, 0) is 9.53 Å². The van der Waals surface area contributed by atoms with Gasteiger partial charge in [-0.2, -0.15) is 0 Å². The Bertz CT molecular complexity index is 171. The fraction of sp³-hybridized carbons (Fsp3) is 0.700. The molecule has 0 aliphatic heterocycles. The minimum atomic E-state index is -0.134. The number of carbonyl (C=O) groups excluding carboxylic acids is 1. The van der Waals surface area contributed by atoms with E-state index in [1.54, 1.807) is 6.26 Å². The average molecular weight is 170 g/mol. The van der Waals surface area contributed by atoms with Crippen LogP contribution < -0.4 is 0 Å². The molecule has 0 aliphatic rings. The summed E-state index contributed by atoms with van der Waals surface area (Å²) in [7, 11) is 0. The average Bonchev–Trinajstić information content (AvgIpc) is 2.11. The van der Waals surface area contributed by atoms with Crippen LogP contribution in [0.15, 0.2) is 11.8 Å². The maximum Gasteiger partial charge on any atom is 0.313 e. The fourth-order valence-electron chi connectivity index (χ4n) is 0.525. The SMILES string of the molecule is CCC(C)=COC(=O)C(C)CC. The highest BCUT2D eigenvalue weighted by Gasteiger charge is 2.10. The second kappa shape index (κ2) is 5.81. The van der Waals surface area contributed by atoms with Crippen LogP contribution in [0.4, 0.5) is 0 Å². The highest BCUT2D eigenvalue weighted by atomic mass is 16.5. The van der Waals surface area contributed by atoms with Crippen LogP contribution >= 0.6 is 0 Å². The summed E-state index contributed by atoms with van der Waals surface area (Å²) >= 11 is 0. The predicted octanol–water partition coefficient (Wildman–Crippen LogP) is 2.89. The van der Waals surface area contributed by atoms with Crippen molar-refractivity contribution in [2.45, 2.75) is 40.5 Å². The van der Waals surface area contributed by atoms with Crippen LogP contribution in [0.2, 0.25) is 0 Å². The van der Waals surface area contributed by atoms with Crippen molar-refractivity contribution in [2.75, 3.05) is 0 Å². The lowest BCUT2D eigenvalue weighted by atomic mass is 10.1. The number of allylic oxidation sites excluding steroid dienone is 1. The number of rotatable bonds is 4. The van der Waals surface area contributed by atoms with Crippen molar-refractivity contribution in [3.8, 4) is 0 Å². The maximum atomic E-state index is 11.1. The summed E-state index contributed by atoms with van der Waals surface area (Å²) in [5, 5.41) is 0. The Morgan fingerprint density at radius 2 is 2.08 bits per heavy atom. The summed E-state index contributed by atoms with van der Waals surface area (Å²) in [5.74, 6) is -0.129. The Morgan fingerprint density at radius 3 is 2.50 bits per heavy atom. The molecule has 0 bridgehead atoms. The molecule has 0 aliphatic carbocycles. The van der Waals surface area contributed by atoms with Gasteiger partial charge in [0.15, 0.2) is 0 Å². The van der Waals surface area contributed by atoms with Crippen LogP contribution in [0, 0.1) is 5.92 Å². The molecule has 0 rings (SSSR count). The largest absolute Gasteiger partial charge is 0.434 e. The number of carbonyl (C=O) groups is 1. The Hall–Kier alpha value is -0.790. The molecule has 1 atom stereocenters. The van der Waals surface area contributed by atoms with E-state index in [2.05, 4.69) is 0 Å². The molecular weight excluding hydrogens is 152 g/mol. The standard InChI is InChI=1S/C10H18O2/c1-5-8(3)7-12-10(11)9(4)6-2/h7,9H,5-6H2,1-4H3. The molecule has 0 saturated carbocycles. The van der Waals surface area contributed by atoms with Crippen molar-refractivity contribution in [2.24, 2.45) is 5.92 Å². The van der Waals surface area contributed by atoms with Crippen molar-refractivity contribution < 1.29 is 9.53 Å². The van der Waals surface area contributed by atoms with Crippen molar-refractivity contribution in [1.29, 1.82) is 0 Å². The maximum absolute atomic E-state index is 11.1. The highest BCUT2D eigenvalue weighted by molar-refractivity contribution is 5.72. The number of hydrogen-bond acceptors (Lipinski definition) is 2. The molecule has 0 saturated heterocycles. The summed E-state index contributed by atoms with van der Waals surface area (Å²) in [5.41, 5.74) is 1.09. The summed E-state index contributed by atoms with van der Waals surface area (Å²) in [6.45, 7) is 7.83. The molecule has 0 amide bonds. The highest BCUT2D eigenvalue weighted by Crippen LogP contribution is 2.05. The number of ether oxygens (including phenoxy) is 1. The molecule has 0 aromatic carbocycles. The lowest BCUT2D eigenvalue weighted by Crippen LogP contribution is -2.10. The van der Waals surface area contributed by atoms with Gasteiger partial charge in [-0.15, -0.1) is 0 Å². The molecule has 1 unspecified atom stereocenters. The van der Waals surface area contributed by atoms with Crippen molar-refractivity contribution >= 4 is 5.97 Å². The second-order valence-electron chi connectivity index (χ2n) is 3.06. The monoisotopic (exact) mass is 170 g/mol. The van der Waals surface area contributed by atoms with Gasteiger partial charge >= 0.3 is 5.97 Å². The third-order valence-corrected chi connectivity index (χ3v) is 1.95.